The van der Waals surface area contributed by atoms with Gasteiger partial charge in [0.15, 0.2) is 0 Å². The van der Waals surface area contributed by atoms with Crippen molar-refractivity contribution in [2.75, 3.05) is 32.7 Å². The number of thiophene rings is 1. The highest BCUT2D eigenvalue weighted by Crippen LogP contribution is 2.22. The molecule has 0 aliphatic carbocycles. The molecule has 1 amide bonds. The van der Waals surface area contributed by atoms with E-state index in [1.54, 1.807) is 17.5 Å². The maximum atomic E-state index is 12.5. The Morgan fingerprint density at radius 3 is 2.42 bits per heavy atom. The predicted octanol–water partition coefficient (Wildman–Crippen LogP) is 1.93. The molecule has 8 heteroatoms. The Hall–Kier alpha value is -1.74. The second-order valence-electron chi connectivity index (χ2n) is 6.31. The SMILES string of the molecule is CC(NC(=O)CN1CCN(S(=O)(=O)c2cccs2)CC1)c1ccccc1. The van der Waals surface area contributed by atoms with Crippen molar-refractivity contribution in [3.8, 4) is 0 Å². The normalized spacial score (nSPS) is 17.7. The van der Waals surface area contributed by atoms with E-state index in [2.05, 4.69) is 5.32 Å². The average molecular weight is 394 g/mol. The molecule has 0 saturated carbocycles. The zero-order valence-electron chi connectivity index (χ0n) is 14.7. The maximum Gasteiger partial charge on any atom is 0.252 e. The lowest BCUT2D eigenvalue weighted by atomic mass is 10.1. The number of piperazine rings is 1. The molecule has 2 aromatic rings. The molecule has 2 heterocycles. The fourth-order valence-corrected chi connectivity index (χ4v) is 5.55. The fourth-order valence-electron chi connectivity index (χ4n) is 2.98. The minimum Gasteiger partial charge on any atom is -0.348 e. The molecule has 1 aromatic heterocycles. The summed E-state index contributed by atoms with van der Waals surface area (Å²) >= 11 is 1.23. The largest absolute Gasteiger partial charge is 0.348 e. The summed E-state index contributed by atoms with van der Waals surface area (Å²) in [5.41, 5.74) is 1.06. The number of benzene rings is 1. The molecule has 0 bridgehead atoms. The minimum absolute atomic E-state index is 0.0454. The van der Waals surface area contributed by atoms with Crippen LogP contribution in [0, 0.1) is 0 Å². The summed E-state index contributed by atoms with van der Waals surface area (Å²) in [5.74, 6) is -0.0454. The van der Waals surface area contributed by atoms with Crippen molar-refractivity contribution in [3.05, 3.63) is 53.4 Å². The molecule has 1 unspecified atom stereocenters. The monoisotopic (exact) mass is 393 g/mol. The van der Waals surface area contributed by atoms with Gasteiger partial charge in [-0.25, -0.2) is 8.42 Å². The molecular formula is C18H23N3O3S2. The molecule has 1 aliphatic rings. The molecule has 1 saturated heterocycles. The number of rotatable bonds is 6. The van der Waals surface area contributed by atoms with Gasteiger partial charge in [0.2, 0.25) is 5.91 Å². The van der Waals surface area contributed by atoms with Gasteiger partial charge >= 0.3 is 0 Å². The van der Waals surface area contributed by atoms with E-state index in [4.69, 9.17) is 0 Å². The Labute approximate surface area is 158 Å². The van der Waals surface area contributed by atoms with Crippen LogP contribution in [0.25, 0.3) is 0 Å². The molecule has 1 aliphatic heterocycles. The van der Waals surface area contributed by atoms with E-state index >= 15 is 0 Å². The second kappa shape index (κ2) is 8.30. The van der Waals surface area contributed by atoms with Crippen molar-refractivity contribution < 1.29 is 13.2 Å². The molecule has 1 atom stereocenters. The molecule has 3 rings (SSSR count). The molecule has 1 fully saturated rings. The number of sulfonamides is 1. The van der Waals surface area contributed by atoms with Crippen LogP contribution in [0.3, 0.4) is 0 Å². The molecule has 26 heavy (non-hydrogen) atoms. The Morgan fingerprint density at radius 2 is 1.81 bits per heavy atom. The van der Waals surface area contributed by atoms with Crippen molar-refractivity contribution >= 4 is 27.3 Å². The van der Waals surface area contributed by atoms with Crippen LogP contribution in [0.4, 0.5) is 0 Å². The van der Waals surface area contributed by atoms with E-state index in [1.165, 1.54) is 15.6 Å². The number of nitrogens with zero attached hydrogens (tertiary/aromatic N) is 2. The second-order valence-corrected chi connectivity index (χ2v) is 9.42. The summed E-state index contributed by atoms with van der Waals surface area (Å²) in [6.45, 7) is 4.15. The van der Waals surface area contributed by atoms with Crippen LogP contribution in [0.15, 0.2) is 52.1 Å². The molecule has 6 nitrogen and oxygen atoms in total. The van der Waals surface area contributed by atoms with Crippen molar-refractivity contribution in [3.63, 3.8) is 0 Å². The Bertz CT molecular complexity index is 815. The number of nitrogens with one attached hydrogen (secondary N) is 1. The smallest absolute Gasteiger partial charge is 0.252 e. The lowest BCUT2D eigenvalue weighted by Crippen LogP contribution is -2.51. The number of hydrogen-bond donors (Lipinski definition) is 1. The molecule has 0 spiro atoms. The van der Waals surface area contributed by atoms with E-state index in [0.717, 1.165) is 5.56 Å². The van der Waals surface area contributed by atoms with E-state index < -0.39 is 10.0 Å². The van der Waals surface area contributed by atoms with Gasteiger partial charge in [0.05, 0.1) is 12.6 Å². The van der Waals surface area contributed by atoms with E-state index in [1.807, 2.05) is 42.2 Å². The van der Waals surface area contributed by atoms with Crippen LogP contribution in [0.2, 0.25) is 0 Å². The average Bonchev–Trinajstić information content (AvgIpc) is 3.18. The summed E-state index contributed by atoms with van der Waals surface area (Å²) in [6.07, 6.45) is 0. The van der Waals surface area contributed by atoms with Gasteiger partial charge in [-0.05, 0) is 23.9 Å². The van der Waals surface area contributed by atoms with Gasteiger partial charge in [-0.15, -0.1) is 11.3 Å². The van der Waals surface area contributed by atoms with Crippen LogP contribution >= 0.6 is 11.3 Å². The van der Waals surface area contributed by atoms with Gasteiger partial charge in [0.1, 0.15) is 4.21 Å². The summed E-state index contributed by atoms with van der Waals surface area (Å²) in [6, 6.07) is 13.1. The highest BCUT2D eigenvalue weighted by molar-refractivity contribution is 7.91. The van der Waals surface area contributed by atoms with Crippen LogP contribution in [0.1, 0.15) is 18.5 Å². The fraction of sp³-hybridized carbons (Fsp3) is 0.389. The van der Waals surface area contributed by atoms with Crippen LogP contribution in [-0.2, 0) is 14.8 Å². The number of carbonyl (C=O) groups is 1. The van der Waals surface area contributed by atoms with E-state index in [0.29, 0.717) is 30.4 Å². The van der Waals surface area contributed by atoms with Gasteiger partial charge in [-0.3, -0.25) is 9.69 Å². The van der Waals surface area contributed by atoms with Crippen LogP contribution in [-0.4, -0.2) is 56.3 Å². The van der Waals surface area contributed by atoms with Crippen molar-refractivity contribution in [2.45, 2.75) is 17.2 Å². The van der Waals surface area contributed by atoms with E-state index in [9.17, 15) is 13.2 Å². The summed E-state index contributed by atoms with van der Waals surface area (Å²) in [7, 11) is -3.40. The first-order valence-electron chi connectivity index (χ1n) is 8.57. The Balaban J connectivity index is 1.49. The standard InChI is InChI=1S/C18H23N3O3S2/c1-15(16-6-3-2-4-7-16)19-17(22)14-20-9-11-21(12-10-20)26(23,24)18-8-5-13-25-18/h2-8,13,15H,9-12,14H2,1H3,(H,19,22). The Kier molecular flexibility index (Phi) is 6.08. The third-order valence-corrected chi connectivity index (χ3v) is 7.74. The van der Waals surface area contributed by atoms with Crippen LogP contribution in [0.5, 0.6) is 0 Å². The molecule has 140 valence electrons. The first-order valence-corrected chi connectivity index (χ1v) is 10.9. The quantitative estimate of drug-likeness (QED) is 0.814. The first kappa shape index (κ1) is 19.0. The lowest BCUT2D eigenvalue weighted by Gasteiger charge is -2.33. The Morgan fingerprint density at radius 1 is 1.12 bits per heavy atom. The molecule has 1 aromatic carbocycles. The van der Waals surface area contributed by atoms with Crippen molar-refractivity contribution in [1.29, 1.82) is 0 Å². The van der Waals surface area contributed by atoms with Gasteiger partial charge in [-0.2, -0.15) is 4.31 Å². The maximum absolute atomic E-state index is 12.5. The topological polar surface area (TPSA) is 69.7 Å². The summed E-state index contributed by atoms with van der Waals surface area (Å²) < 4.78 is 26.9. The van der Waals surface area contributed by atoms with Crippen LogP contribution < -0.4 is 5.32 Å². The zero-order valence-corrected chi connectivity index (χ0v) is 16.3. The molecular weight excluding hydrogens is 370 g/mol. The van der Waals surface area contributed by atoms with Crippen molar-refractivity contribution in [2.24, 2.45) is 0 Å². The van der Waals surface area contributed by atoms with Gasteiger partial charge in [0.25, 0.3) is 10.0 Å². The highest BCUT2D eigenvalue weighted by atomic mass is 32.2. The number of amides is 1. The number of hydrogen-bond acceptors (Lipinski definition) is 5. The number of carbonyl (C=O) groups excluding carboxylic acids is 1. The van der Waals surface area contributed by atoms with E-state index in [-0.39, 0.29) is 18.5 Å². The van der Waals surface area contributed by atoms with Crippen molar-refractivity contribution in [1.82, 2.24) is 14.5 Å². The third kappa shape index (κ3) is 4.50. The third-order valence-electron chi connectivity index (χ3n) is 4.46. The highest BCUT2D eigenvalue weighted by Gasteiger charge is 2.29. The molecule has 1 N–H and O–H groups in total. The van der Waals surface area contributed by atoms with Gasteiger partial charge in [-0.1, -0.05) is 36.4 Å². The predicted molar refractivity (Wildman–Crippen MR) is 103 cm³/mol. The summed E-state index contributed by atoms with van der Waals surface area (Å²) in [4.78, 5) is 14.3. The van der Waals surface area contributed by atoms with Gasteiger partial charge < -0.3 is 5.32 Å². The minimum atomic E-state index is -3.40. The van der Waals surface area contributed by atoms with Gasteiger partial charge in [0, 0.05) is 26.2 Å². The lowest BCUT2D eigenvalue weighted by molar-refractivity contribution is -0.123. The summed E-state index contributed by atoms with van der Waals surface area (Å²) in [5, 5.41) is 4.76. The first-order chi connectivity index (χ1) is 12.5. The molecule has 0 radical (unpaired) electrons. The zero-order chi connectivity index (χ0) is 18.6.